The van der Waals surface area contributed by atoms with E-state index in [9.17, 15) is 0 Å². The zero-order valence-corrected chi connectivity index (χ0v) is 6.67. The van der Waals surface area contributed by atoms with Crippen LogP contribution in [0.2, 0.25) is 0 Å². The van der Waals surface area contributed by atoms with Crippen molar-refractivity contribution in [2.45, 2.75) is 0 Å². The molecule has 0 saturated heterocycles. The minimum Gasteiger partial charge on any atom is -0.398 e. The van der Waals surface area contributed by atoms with Crippen molar-refractivity contribution in [2.75, 3.05) is 0 Å². The molecule has 2 nitrogen and oxygen atoms in total. The van der Waals surface area contributed by atoms with E-state index in [2.05, 4.69) is 11.6 Å². The van der Waals surface area contributed by atoms with E-state index in [4.69, 9.17) is 5.73 Å². The van der Waals surface area contributed by atoms with Gasteiger partial charge in [0.1, 0.15) is 0 Å². The van der Waals surface area contributed by atoms with Gasteiger partial charge in [-0.1, -0.05) is 24.8 Å². The molecule has 0 atom stereocenters. The summed E-state index contributed by atoms with van der Waals surface area (Å²) in [4.78, 5) is 3.17. The van der Waals surface area contributed by atoms with E-state index in [0.717, 1.165) is 11.2 Å². The molecular weight excluding hydrogens is 148 g/mol. The molecule has 0 aliphatic carbocycles. The third-order valence-corrected chi connectivity index (χ3v) is 1.88. The van der Waals surface area contributed by atoms with Gasteiger partial charge < -0.3 is 10.7 Å². The Hall–Kier alpha value is -1.70. The summed E-state index contributed by atoms with van der Waals surface area (Å²) >= 11 is 0. The second-order valence-electron chi connectivity index (χ2n) is 2.80. The molecule has 1 aromatic heterocycles. The van der Waals surface area contributed by atoms with Crippen LogP contribution in [0.15, 0.2) is 36.9 Å². The number of nitrogens with one attached hydrogen (secondary N) is 1. The van der Waals surface area contributed by atoms with Crippen molar-refractivity contribution >= 4 is 16.6 Å². The maximum Gasteiger partial charge on any atom is 0.0618 e. The predicted molar refractivity (Wildman–Crippen MR) is 51.5 cm³/mol. The van der Waals surface area contributed by atoms with Crippen LogP contribution in [0.4, 0.5) is 0 Å². The van der Waals surface area contributed by atoms with Crippen molar-refractivity contribution in [3.05, 3.63) is 42.6 Å². The van der Waals surface area contributed by atoms with E-state index in [-0.39, 0.29) is 0 Å². The molecule has 60 valence electrons. The van der Waals surface area contributed by atoms with Crippen molar-refractivity contribution in [3.8, 4) is 0 Å². The summed E-state index contributed by atoms with van der Waals surface area (Å²) in [7, 11) is 0. The Morgan fingerprint density at radius 2 is 2.08 bits per heavy atom. The van der Waals surface area contributed by atoms with E-state index in [1.807, 2.05) is 30.3 Å². The Morgan fingerprint density at radius 3 is 2.75 bits per heavy atom. The van der Waals surface area contributed by atoms with Crippen molar-refractivity contribution in [3.63, 3.8) is 0 Å². The number of H-pyrrole nitrogens is 1. The molecule has 3 N–H and O–H groups in total. The van der Waals surface area contributed by atoms with Crippen LogP contribution in [-0.4, -0.2) is 4.98 Å². The van der Waals surface area contributed by atoms with E-state index in [1.165, 1.54) is 5.39 Å². The van der Waals surface area contributed by atoms with Crippen LogP contribution in [0.5, 0.6) is 0 Å². The third kappa shape index (κ3) is 0.975. The second-order valence-corrected chi connectivity index (χ2v) is 2.80. The largest absolute Gasteiger partial charge is 0.398 e. The molecule has 0 radical (unpaired) electrons. The number of rotatable bonds is 1. The number of hydrogen-bond donors (Lipinski definition) is 2. The molecule has 1 aromatic carbocycles. The average molecular weight is 158 g/mol. The van der Waals surface area contributed by atoms with Crippen LogP contribution in [0, 0.1) is 0 Å². The lowest BCUT2D eigenvalue weighted by atomic mass is 10.2. The van der Waals surface area contributed by atoms with Crippen molar-refractivity contribution in [1.29, 1.82) is 0 Å². The first-order valence-electron chi connectivity index (χ1n) is 3.80. The lowest BCUT2D eigenvalue weighted by Crippen LogP contribution is -1.92. The number of benzene rings is 1. The quantitative estimate of drug-likeness (QED) is 0.655. The van der Waals surface area contributed by atoms with Crippen LogP contribution >= 0.6 is 0 Å². The molecule has 2 rings (SSSR count). The fraction of sp³-hybridized carbons (Fsp3) is 0. The van der Waals surface area contributed by atoms with Crippen LogP contribution in [0.1, 0.15) is 5.69 Å². The van der Waals surface area contributed by atoms with Crippen molar-refractivity contribution in [1.82, 2.24) is 4.98 Å². The molecule has 0 unspecified atom stereocenters. The third-order valence-electron chi connectivity index (χ3n) is 1.88. The lowest BCUT2D eigenvalue weighted by molar-refractivity contribution is 1.37. The Balaban J connectivity index is 2.70. The van der Waals surface area contributed by atoms with Gasteiger partial charge in [-0.2, -0.15) is 0 Å². The zero-order chi connectivity index (χ0) is 8.55. The smallest absolute Gasteiger partial charge is 0.0618 e. The minimum atomic E-state index is 0.575. The highest BCUT2D eigenvalue weighted by molar-refractivity contribution is 5.83. The number of aromatic amines is 1. The van der Waals surface area contributed by atoms with Gasteiger partial charge in [0, 0.05) is 16.6 Å². The molecule has 0 saturated carbocycles. The van der Waals surface area contributed by atoms with Crippen LogP contribution in [-0.2, 0) is 0 Å². The number of nitrogens with two attached hydrogens (primary N) is 1. The second kappa shape index (κ2) is 2.41. The van der Waals surface area contributed by atoms with E-state index >= 15 is 0 Å². The molecule has 12 heavy (non-hydrogen) atoms. The summed E-state index contributed by atoms with van der Waals surface area (Å²) in [5.74, 6) is 0. The molecule has 2 heteroatoms. The highest BCUT2D eigenvalue weighted by Crippen LogP contribution is 2.16. The van der Waals surface area contributed by atoms with Gasteiger partial charge in [-0.05, 0) is 12.1 Å². The Kier molecular flexibility index (Phi) is 1.40. The average Bonchev–Trinajstić information content (AvgIpc) is 2.46. The lowest BCUT2D eigenvalue weighted by Gasteiger charge is -1.90. The van der Waals surface area contributed by atoms with Gasteiger partial charge in [0.15, 0.2) is 0 Å². The van der Waals surface area contributed by atoms with Crippen LogP contribution in [0.25, 0.3) is 16.6 Å². The van der Waals surface area contributed by atoms with Crippen molar-refractivity contribution < 1.29 is 0 Å². The zero-order valence-electron chi connectivity index (χ0n) is 6.67. The van der Waals surface area contributed by atoms with Gasteiger partial charge >= 0.3 is 0 Å². The van der Waals surface area contributed by atoms with Gasteiger partial charge in [0.25, 0.3) is 0 Å². The first kappa shape index (κ1) is 6.98. The van der Waals surface area contributed by atoms with Gasteiger partial charge in [-0.3, -0.25) is 0 Å². The summed E-state index contributed by atoms with van der Waals surface area (Å²) < 4.78 is 0. The molecule has 2 aromatic rings. The standard InChI is InChI=1S/C10H10N2/c1-7(11)10-6-8-4-2-3-5-9(8)12-10/h2-6,12H,1,11H2. The van der Waals surface area contributed by atoms with E-state index in [1.54, 1.807) is 0 Å². The number of fused-ring (bicyclic) bond motifs is 1. The number of para-hydroxylation sites is 1. The molecule has 1 heterocycles. The summed E-state index contributed by atoms with van der Waals surface area (Å²) in [5.41, 5.74) is 8.12. The molecular formula is C10H10N2. The molecule has 0 amide bonds. The monoisotopic (exact) mass is 158 g/mol. The van der Waals surface area contributed by atoms with Gasteiger partial charge in [-0.15, -0.1) is 0 Å². The molecule has 0 aliphatic rings. The van der Waals surface area contributed by atoms with E-state index < -0.39 is 0 Å². The van der Waals surface area contributed by atoms with Crippen LogP contribution in [0.3, 0.4) is 0 Å². The molecule has 0 bridgehead atoms. The summed E-state index contributed by atoms with van der Waals surface area (Å²) in [6.45, 7) is 3.67. The SMILES string of the molecule is C=C(N)c1cc2ccccc2[nH]1. The van der Waals surface area contributed by atoms with Gasteiger partial charge in [0.2, 0.25) is 0 Å². The maximum absolute atomic E-state index is 5.55. The molecule has 0 aliphatic heterocycles. The van der Waals surface area contributed by atoms with Crippen molar-refractivity contribution in [2.24, 2.45) is 5.73 Å². The van der Waals surface area contributed by atoms with Crippen LogP contribution < -0.4 is 5.73 Å². The topological polar surface area (TPSA) is 41.8 Å². The summed E-state index contributed by atoms with van der Waals surface area (Å²) in [6, 6.07) is 10.0. The predicted octanol–water partition coefficient (Wildman–Crippen LogP) is 2.10. The highest BCUT2D eigenvalue weighted by atomic mass is 14.8. The summed E-state index contributed by atoms with van der Waals surface area (Å²) in [6.07, 6.45) is 0. The fourth-order valence-electron chi connectivity index (χ4n) is 1.25. The summed E-state index contributed by atoms with van der Waals surface area (Å²) in [5, 5.41) is 1.17. The highest BCUT2D eigenvalue weighted by Gasteiger charge is 1.98. The fourth-order valence-corrected chi connectivity index (χ4v) is 1.25. The minimum absolute atomic E-state index is 0.575. The first-order chi connectivity index (χ1) is 5.77. The maximum atomic E-state index is 5.55. The van der Waals surface area contributed by atoms with E-state index in [0.29, 0.717) is 5.70 Å². The van der Waals surface area contributed by atoms with Gasteiger partial charge in [-0.25, -0.2) is 0 Å². The first-order valence-corrected chi connectivity index (χ1v) is 3.80. The number of aromatic nitrogens is 1. The molecule has 0 spiro atoms. The Bertz CT molecular complexity index is 393. The Morgan fingerprint density at radius 1 is 1.33 bits per heavy atom. The molecule has 0 fully saturated rings. The normalized spacial score (nSPS) is 10.3. The Labute approximate surface area is 70.7 Å². The van der Waals surface area contributed by atoms with Gasteiger partial charge in [0.05, 0.1) is 5.69 Å². The number of hydrogen-bond acceptors (Lipinski definition) is 1.